The summed E-state index contributed by atoms with van der Waals surface area (Å²) in [7, 11) is -3.41. The Labute approximate surface area is 126 Å². The smallest absolute Gasteiger partial charge is 0.238 e. The highest BCUT2D eigenvalue weighted by atomic mass is 32.2. The van der Waals surface area contributed by atoms with Crippen LogP contribution in [0, 0.1) is 11.3 Å². The Morgan fingerprint density at radius 3 is 2.81 bits per heavy atom. The van der Waals surface area contributed by atoms with Crippen molar-refractivity contribution in [3.05, 3.63) is 18.2 Å². The lowest BCUT2D eigenvalue weighted by molar-refractivity contribution is -0.115. The SMILES string of the molecule is CC(C)S(=O)(=O)c1nc2ccc(NC(=O)CC#N)cc2s1. The van der Waals surface area contributed by atoms with E-state index in [0.29, 0.717) is 15.9 Å². The number of nitriles is 1. The molecule has 2 rings (SSSR count). The number of nitrogens with zero attached hydrogens (tertiary/aromatic N) is 2. The lowest BCUT2D eigenvalue weighted by Crippen LogP contribution is -2.13. The van der Waals surface area contributed by atoms with E-state index in [9.17, 15) is 13.2 Å². The number of carbonyl (C=O) groups is 1. The van der Waals surface area contributed by atoms with Crippen LogP contribution in [0.4, 0.5) is 5.69 Å². The summed E-state index contributed by atoms with van der Waals surface area (Å²) in [6.45, 7) is 3.21. The molecule has 1 aromatic heterocycles. The van der Waals surface area contributed by atoms with E-state index >= 15 is 0 Å². The molecule has 0 spiro atoms. The largest absolute Gasteiger partial charge is 0.325 e. The summed E-state index contributed by atoms with van der Waals surface area (Å²) in [4.78, 5) is 15.5. The van der Waals surface area contributed by atoms with Gasteiger partial charge < -0.3 is 5.32 Å². The van der Waals surface area contributed by atoms with Crippen LogP contribution >= 0.6 is 11.3 Å². The predicted octanol–water partition coefficient (Wildman–Crippen LogP) is 2.33. The third-order valence-corrected chi connectivity index (χ3v) is 6.34. The van der Waals surface area contributed by atoms with E-state index in [1.807, 2.05) is 0 Å². The summed E-state index contributed by atoms with van der Waals surface area (Å²) < 4.78 is 24.9. The zero-order valence-electron chi connectivity index (χ0n) is 11.5. The lowest BCUT2D eigenvalue weighted by Gasteiger charge is -2.01. The number of sulfone groups is 1. The molecule has 0 saturated heterocycles. The van der Waals surface area contributed by atoms with Crippen LogP contribution in [-0.2, 0) is 14.6 Å². The second kappa shape index (κ2) is 5.79. The highest BCUT2D eigenvalue weighted by Crippen LogP contribution is 2.29. The van der Waals surface area contributed by atoms with Gasteiger partial charge in [0.2, 0.25) is 20.1 Å². The van der Waals surface area contributed by atoms with Gasteiger partial charge in [-0.1, -0.05) is 0 Å². The Morgan fingerprint density at radius 1 is 1.48 bits per heavy atom. The summed E-state index contributed by atoms with van der Waals surface area (Å²) in [6.07, 6.45) is -0.228. The molecule has 1 aromatic carbocycles. The molecule has 0 aliphatic heterocycles. The van der Waals surface area contributed by atoms with Crippen molar-refractivity contribution in [1.82, 2.24) is 4.98 Å². The van der Waals surface area contributed by atoms with Gasteiger partial charge in [0.05, 0.1) is 21.5 Å². The van der Waals surface area contributed by atoms with Gasteiger partial charge in [0.1, 0.15) is 6.42 Å². The minimum Gasteiger partial charge on any atom is -0.325 e. The number of nitrogens with one attached hydrogen (secondary N) is 1. The van der Waals surface area contributed by atoms with Crippen LogP contribution in [0.25, 0.3) is 10.2 Å². The van der Waals surface area contributed by atoms with Crippen molar-refractivity contribution in [3.8, 4) is 6.07 Å². The Bertz CT molecular complexity index is 832. The molecule has 1 amide bonds. The number of rotatable bonds is 4. The van der Waals surface area contributed by atoms with Gasteiger partial charge >= 0.3 is 0 Å². The van der Waals surface area contributed by atoms with Gasteiger partial charge in [-0.25, -0.2) is 13.4 Å². The molecular weight excluding hydrogens is 310 g/mol. The minimum atomic E-state index is -3.41. The van der Waals surface area contributed by atoms with Crippen molar-refractivity contribution in [1.29, 1.82) is 5.26 Å². The van der Waals surface area contributed by atoms with Crippen LogP contribution in [-0.4, -0.2) is 24.6 Å². The Balaban J connectivity index is 2.38. The molecule has 0 unspecified atom stereocenters. The number of hydrogen-bond donors (Lipinski definition) is 1. The fourth-order valence-electron chi connectivity index (χ4n) is 1.58. The van der Waals surface area contributed by atoms with Crippen molar-refractivity contribution in [2.45, 2.75) is 29.9 Å². The number of benzene rings is 1. The molecule has 2 aromatic rings. The predicted molar refractivity (Wildman–Crippen MR) is 80.8 cm³/mol. The first-order chi connectivity index (χ1) is 9.84. The average Bonchev–Trinajstić information content (AvgIpc) is 2.82. The molecule has 8 heteroatoms. The fraction of sp³-hybridized carbons (Fsp3) is 0.308. The van der Waals surface area contributed by atoms with E-state index in [-0.39, 0.29) is 10.8 Å². The van der Waals surface area contributed by atoms with Crippen LogP contribution in [0.1, 0.15) is 20.3 Å². The number of aromatic nitrogens is 1. The van der Waals surface area contributed by atoms with Crippen LogP contribution in [0.15, 0.2) is 22.5 Å². The maximum absolute atomic E-state index is 12.1. The molecule has 6 nitrogen and oxygen atoms in total. The molecule has 0 aliphatic carbocycles. The molecule has 1 heterocycles. The van der Waals surface area contributed by atoms with Crippen molar-refractivity contribution in [2.75, 3.05) is 5.32 Å². The molecule has 0 saturated carbocycles. The first kappa shape index (κ1) is 15.4. The van der Waals surface area contributed by atoms with Gasteiger partial charge in [-0.2, -0.15) is 5.26 Å². The second-order valence-corrected chi connectivity index (χ2v) is 8.35. The number of amides is 1. The maximum Gasteiger partial charge on any atom is 0.238 e. The average molecular weight is 323 g/mol. The van der Waals surface area contributed by atoms with E-state index < -0.39 is 21.0 Å². The van der Waals surface area contributed by atoms with E-state index in [2.05, 4.69) is 10.3 Å². The van der Waals surface area contributed by atoms with E-state index in [1.54, 1.807) is 38.1 Å². The van der Waals surface area contributed by atoms with Crippen LogP contribution in [0.5, 0.6) is 0 Å². The lowest BCUT2D eigenvalue weighted by atomic mass is 10.3. The summed E-state index contributed by atoms with van der Waals surface area (Å²) in [6, 6.07) is 6.69. The quantitative estimate of drug-likeness (QED) is 0.930. The van der Waals surface area contributed by atoms with Gasteiger partial charge in [-0.15, -0.1) is 11.3 Å². The first-order valence-electron chi connectivity index (χ1n) is 6.16. The zero-order chi connectivity index (χ0) is 15.6. The molecule has 0 radical (unpaired) electrons. The monoisotopic (exact) mass is 323 g/mol. The number of fused-ring (bicyclic) bond motifs is 1. The molecule has 0 bridgehead atoms. The third kappa shape index (κ3) is 3.20. The Kier molecular flexibility index (Phi) is 4.25. The third-order valence-electron chi connectivity index (χ3n) is 2.76. The van der Waals surface area contributed by atoms with Crippen LogP contribution < -0.4 is 5.32 Å². The van der Waals surface area contributed by atoms with Crippen molar-refractivity contribution in [2.24, 2.45) is 0 Å². The highest BCUT2D eigenvalue weighted by Gasteiger charge is 2.23. The number of carbonyl (C=O) groups excluding carboxylic acids is 1. The van der Waals surface area contributed by atoms with Crippen molar-refractivity contribution in [3.63, 3.8) is 0 Å². The van der Waals surface area contributed by atoms with Gasteiger partial charge in [0.25, 0.3) is 0 Å². The van der Waals surface area contributed by atoms with E-state index in [1.165, 1.54) is 0 Å². The molecule has 0 aliphatic rings. The maximum atomic E-state index is 12.1. The fourth-order valence-corrected chi connectivity index (χ4v) is 4.26. The molecule has 1 N–H and O–H groups in total. The van der Waals surface area contributed by atoms with Crippen molar-refractivity contribution < 1.29 is 13.2 Å². The second-order valence-electron chi connectivity index (χ2n) is 4.64. The Morgan fingerprint density at radius 2 is 2.19 bits per heavy atom. The summed E-state index contributed by atoms with van der Waals surface area (Å²) in [5.74, 6) is -0.406. The van der Waals surface area contributed by atoms with Crippen molar-refractivity contribution >= 4 is 43.0 Å². The normalized spacial score (nSPS) is 11.5. The summed E-state index contributed by atoms with van der Waals surface area (Å²) in [5.41, 5.74) is 1.08. The van der Waals surface area contributed by atoms with Gasteiger partial charge in [0.15, 0.2) is 0 Å². The van der Waals surface area contributed by atoms with Gasteiger partial charge in [-0.05, 0) is 32.0 Å². The summed E-state index contributed by atoms with van der Waals surface area (Å²) in [5, 5.41) is 10.5. The molecule has 0 fully saturated rings. The minimum absolute atomic E-state index is 0.0769. The number of hydrogen-bond acceptors (Lipinski definition) is 6. The number of thiazole rings is 1. The molecule has 21 heavy (non-hydrogen) atoms. The molecule has 0 atom stereocenters. The van der Waals surface area contributed by atoms with Crippen LogP contribution in [0.3, 0.4) is 0 Å². The highest BCUT2D eigenvalue weighted by molar-refractivity contribution is 7.94. The topological polar surface area (TPSA) is 99.9 Å². The Hall–Kier alpha value is -1.98. The number of anilines is 1. The zero-order valence-corrected chi connectivity index (χ0v) is 13.1. The van der Waals surface area contributed by atoms with E-state index in [0.717, 1.165) is 11.3 Å². The van der Waals surface area contributed by atoms with Gasteiger partial charge in [0, 0.05) is 5.69 Å². The van der Waals surface area contributed by atoms with E-state index in [4.69, 9.17) is 5.26 Å². The molecule has 110 valence electrons. The molecular formula is C13H13N3O3S2. The first-order valence-corrected chi connectivity index (χ1v) is 8.52. The summed E-state index contributed by atoms with van der Waals surface area (Å²) >= 11 is 1.07. The van der Waals surface area contributed by atoms with Crippen LogP contribution in [0.2, 0.25) is 0 Å². The standard InChI is InChI=1S/C13H13N3O3S2/c1-8(2)21(18,19)13-16-10-4-3-9(7-11(10)20-13)15-12(17)5-6-14/h3-4,7-8H,5H2,1-2H3,(H,15,17). The van der Waals surface area contributed by atoms with Gasteiger partial charge in [-0.3, -0.25) is 4.79 Å².